The highest BCUT2D eigenvalue weighted by Crippen LogP contribution is 2.36. The van der Waals surface area contributed by atoms with Crippen LogP contribution in [0.5, 0.6) is 11.5 Å². The van der Waals surface area contributed by atoms with Gasteiger partial charge in [-0.05, 0) is 61.1 Å². The minimum atomic E-state index is -0.655. The molecule has 3 heterocycles. The summed E-state index contributed by atoms with van der Waals surface area (Å²) in [6.07, 6.45) is 0. The predicted molar refractivity (Wildman–Crippen MR) is 120 cm³/mol. The molecule has 160 valence electrons. The predicted octanol–water partition coefficient (Wildman–Crippen LogP) is 3.93. The van der Waals surface area contributed by atoms with Gasteiger partial charge in [-0.15, -0.1) is 0 Å². The minimum Gasteiger partial charge on any atom is -0.465 e. The number of H-pyrrole nitrogens is 1. The number of aromatic nitrogens is 3. The number of methoxy groups -OCH3 is 1. The van der Waals surface area contributed by atoms with Gasteiger partial charge in [0.25, 0.3) is 5.56 Å². The van der Waals surface area contributed by atoms with Gasteiger partial charge < -0.3 is 14.2 Å². The molecule has 0 fully saturated rings. The van der Waals surface area contributed by atoms with Crippen molar-refractivity contribution in [1.82, 2.24) is 14.5 Å². The first-order valence-corrected chi connectivity index (χ1v) is 10.1. The van der Waals surface area contributed by atoms with Crippen molar-refractivity contribution in [3.05, 3.63) is 74.8 Å². The molecule has 1 aliphatic heterocycles. The van der Waals surface area contributed by atoms with E-state index in [0.717, 1.165) is 5.56 Å². The van der Waals surface area contributed by atoms with Crippen LogP contribution in [-0.2, 0) is 4.74 Å². The van der Waals surface area contributed by atoms with E-state index in [9.17, 15) is 9.59 Å². The summed E-state index contributed by atoms with van der Waals surface area (Å²) < 4.78 is 17.6. The molecule has 0 atom stereocenters. The molecule has 0 aliphatic carbocycles. The zero-order valence-electron chi connectivity index (χ0n) is 17.2. The SMILES string of the molecule is COC(=O)c1cc(-c2ccc3c(c2)OCO3)nc2c1c(=O)[nH]c(=S)n2-c1cccc(C)c1. The number of pyridine rings is 1. The number of fused-ring (bicyclic) bond motifs is 2. The number of nitrogens with zero attached hydrogens (tertiary/aromatic N) is 2. The number of nitrogens with one attached hydrogen (secondary N) is 1. The Bertz CT molecular complexity index is 1520. The lowest BCUT2D eigenvalue weighted by atomic mass is 10.1. The van der Waals surface area contributed by atoms with Crippen molar-refractivity contribution in [2.24, 2.45) is 0 Å². The van der Waals surface area contributed by atoms with Crippen LogP contribution in [-0.4, -0.2) is 34.4 Å². The molecule has 0 spiro atoms. The molecule has 1 N–H and O–H groups in total. The van der Waals surface area contributed by atoms with Gasteiger partial charge in [-0.2, -0.15) is 0 Å². The van der Waals surface area contributed by atoms with Crippen molar-refractivity contribution >= 4 is 29.2 Å². The molecule has 2 aromatic carbocycles. The maximum absolute atomic E-state index is 12.9. The van der Waals surface area contributed by atoms with E-state index in [0.29, 0.717) is 28.4 Å². The molecule has 0 saturated heterocycles. The van der Waals surface area contributed by atoms with Gasteiger partial charge in [-0.1, -0.05) is 12.1 Å². The second-order valence-corrected chi connectivity index (χ2v) is 7.63. The van der Waals surface area contributed by atoms with Crippen molar-refractivity contribution in [2.75, 3.05) is 13.9 Å². The number of ether oxygens (including phenoxy) is 3. The number of aryl methyl sites for hydroxylation is 1. The number of carbonyl (C=O) groups is 1. The van der Waals surface area contributed by atoms with E-state index in [-0.39, 0.29) is 28.2 Å². The number of hydrogen-bond acceptors (Lipinski definition) is 7. The number of esters is 1. The number of benzene rings is 2. The quantitative estimate of drug-likeness (QED) is 0.375. The summed E-state index contributed by atoms with van der Waals surface area (Å²) in [5, 5.41) is 0.0939. The van der Waals surface area contributed by atoms with E-state index in [1.54, 1.807) is 16.7 Å². The van der Waals surface area contributed by atoms with Crippen LogP contribution in [0, 0.1) is 11.7 Å². The monoisotopic (exact) mass is 447 g/mol. The molecule has 4 aromatic rings. The second kappa shape index (κ2) is 7.61. The molecular formula is C23H17N3O5S. The first-order chi connectivity index (χ1) is 15.5. The molecule has 0 bridgehead atoms. The highest BCUT2D eigenvalue weighted by Gasteiger charge is 2.22. The van der Waals surface area contributed by atoms with Crippen molar-refractivity contribution in [2.45, 2.75) is 6.92 Å². The Balaban J connectivity index is 1.88. The molecule has 32 heavy (non-hydrogen) atoms. The Kier molecular flexibility index (Phi) is 4.75. The van der Waals surface area contributed by atoms with E-state index < -0.39 is 11.5 Å². The summed E-state index contributed by atoms with van der Waals surface area (Å²) in [6.45, 7) is 2.09. The Hall–Kier alpha value is -3.98. The summed E-state index contributed by atoms with van der Waals surface area (Å²) in [4.78, 5) is 32.9. The van der Waals surface area contributed by atoms with Gasteiger partial charge >= 0.3 is 5.97 Å². The average molecular weight is 447 g/mol. The summed E-state index contributed by atoms with van der Waals surface area (Å²) in [7, 11) is 1.26. The standard InChI is InChI=1S/C23H17N3O5S/c1-12-4-3-5-14(8-12)26-20-19(21(27)25-23(26)32)15(22(28)29-2)10-16(24-20)13-6-7-17-18(9-13)31-11-30-17/h3-10H,11H2,1-2H3,(H,25,27,32). The highest BCUT2D eigenvalue weighted by molar-refractivity contribution is 7.71. The third kappa shape index (κ3) is 3.23. The Morgan fingerprint density at radius 3 is 2.75 bits per heavy atom. The van der Waals surface area contributed by atoms with E-state index in [1.165, 1.54) is 13.2 Å². The Morgan fingerprint density at radius 2 is 1.97 bits per heavy atom. The zero-order chi connectivity index (χ0) is 22.4. The van der Waals surface area contributed by atoms with E-state index in [1.807, 2.05) is 37.3 Å². The van der Waals surface area contributed by atoms with E-state index >= 15 is 0 Å². The molecule has 0 amide bonds. The Labute approximate surface area is 187 Å². The van der Waals surface area contributed by atoms with Gasteiger partial charge in [0.2, 0.25) is 6.79 Å². The fourth-order valence-electron chi connectivity index (χ4n) is 3.71. The number of aromatic amines is 1. The molecule has 5 rings (SSSR count). The summed E-state index contributed by atoms with van der Waals surface area (Å²) in [5.74, 6) is 0.546. The van der Waals surface area contributed by atoms with Crippen LogP contribution >= 0.6 is 12.2 Å². The fourth-order valence-corrected chi connectivity index (χ4v) is 3.99. The zero-order valence-corrected chi connectivity index (χ0v) is 18.0. The first-order valence-electron chi connectivity index (χ1n) is 9.72. The van der Waals surface area contributed by atoms with Crippen LogP contribution in [0.3, 0.4) is 0 Å². The first kappa shape index (κ1) is 20.0. The van der Waals surface area contributed by atoms with Crippen molar-refractivity contribution in [3.8, 4) is 28.4 Å². The van der Waals surface area contributed by atoms with Gasteiger partial charge in [0.1, 0.15) is 0 Å². The molecular weight excluding hydrogens is 430 g/mol. The largest absolute Gasteiger partial charge is 0.465 e. The molecule has 0 saturated carbocycles. The molecule has 0 unspecified atom stereocenters. The lowest BCUT2D eigenvalue weighted by Gasteiger charge is -2.14. The summed E-state index contributed by atoms with van der Waals surface area (Å²) >= 11 is 5.47. The lowest BCUT2D eigenvalue weighted by molar-refractivity contribution is 0.0603. The van der Waals surface area contributed by atoms with Gasteiger partial charge in [0.05, 0.1) is 29.4 Å². The fraction of sp³-hybridized carbons (Fsp3) is 0.130. The van der Waals surface area contributed by atoms with Crippen molar-refractivity contribution < 1.29 is 19.0 Å². The van der Waals surface area contributed by atoms with Crippen LogP contribution in [0.15, 0.2) is 53.3 Å². The summed E-state index contributed by atoms with van der Waals surface area (Å²) in [5.41, 5.74) is 2.67. The maximum atomic E-state index is 12.9. The third-order valence-corrected chi connectivity index (χ3v) is 5.48. The van der Waals surface area contributed by atoms with Crippen LogP contribution in [0.2, 0.25) is 0 Å². The Morgan fingerprint density at radius 1 is 1.16 bits per heavy atom. The number of hydrogen-bond donors (Lipinski definition) is 1. The minimum absolute atomic E-state index is 0.0859. The lowest BCUT2D eigenvalue weighted by Crippen LogP contribution is -2.19. The second-order valence-electron chi connectivity index (χ2n) is 7.25. The number of rotatable bonds is 3. The smallest absolute Gasteiger partial charge is 0.338 e. The molecule has 1 aliphatic rings. The molecule has 0 radical (unpaired) electrons. The van der Waals surface area contributed by atoms with Crippen LogP contribution in [0.4, 0.5) is 0 Å². The third-order valence-electron chi connectivity index (χ3n) is 5.20. The van der Waals surface area contributed by atoms with Gasteiger partial charge in [0, 0.05) is 5.56 Å². The van der Waals surface area contributed by atoms with Crippen molar-refractivity contribution in [3.63, 3.8) is 0 Å². The molecule has 9 heteroatoms. The summed E-state index contributed by atoms with van der Waals surface area (Å²) in [6, 6.07) is 14.5. The molecule has 2 aromatic heterocycles. The maximum Gasteiger partial charge on any atom is 0.338 e. The van der Waals surface area contributed by atoms with Crippen molar-refractivity contribution in [1.29, 1.82) is 0 Å². The van der Waals surface area contributed by atoms with Gasteiger partial charge in [-0.25, -0.2) is 9.78 Å². The topological polar surface area (TPSA) is 95.4 Å². The number of carbonyl (C=O) groups excluding carboxylic acids is 1. The molecule has 8 nitrogen and oxygen atoms in total. The highest BCUT2D eigenvalue weighted by atomic mass is 32.1. The van der Waals surface area contributed by atoms with Crippen LogP contribution < -0.4 is 15.0 Å². The van der Waals surface area contributed by atoms with E-state index in [2.05, 4.69) is 4.98 Å². The van der Waals surface area contributed by atoms with E-state index in [4.69, 9.17) is 31.4 Å². The van der Waals surface area contributed by atoms with Gasteiger partial charge in [0.15, 0.2) is 21.9 Å². The van der Waals surface area contributed by atoms with Crippen LogP contribution in [0.25, 0.3) is 28.0 Å². The normalized spacial score (nSPS) is 12.2. The average Bonchev–Trinajstić information content (AvgIpc) is 3.25. The van der Waals surface area contributed by atoms with Gasteiger partial charge in [-0.3, -0.25) is 14.3 Å². The van der Waals surface area contributed by atoms with Crippen LogP contribution in [0.1, 0.15) is 15.9 Å².